The van der Waals surface area contributed by atoms with Gasteiger partial charge in [-0.25, -0.2) is 9.67 Å². The van der Waals surface area contributed by atoms with Gasteiger partial charge in [0.25, 0.3) is 5.56 Å². The van der Waals surface area contributed by atoms with Crippen LogP contribution in [0.5, 0.6) is 0 Å². The summed E-state index contributed by atoms with van der Waals surface area (Å²) >= 11 is 0. The minimum Gasteiger partial charge on any atom is -0.376 e. The minimum absolute atomic E-state index is 0.156. The largest absolute Gasteiger partial charge is 0.376 e. The van der Waals surface area contributed by atoms with Gasteiger partial charge in [0.05, 0.1) is 31.1 Å². The van der Waals surface area contributed by atoms with Gasteiger partial charge in [0.15, 0.2) is 5.65 Å². The summed E-state index contributed by atoms with van der Waals surface area (Å²) < 4.78 is 7.38. The Kier molecular flexibility index (Phi) is 4.10. The number of para-hydroxylation sites is 1. The molecule has 0 saturated carbocycles. The first kappa shape index (κ1) is 16.0. The molecule has 2 atom stereocenters. The molecule has 3 heterocycles. The predicted molar refractivity (Wildman–Crippen MR) is 94.8 cm³/mol. The van der Waals surface area contributed by atoms with Crippen molar-refractivity contribution in [2.75, 3.05) is 13.2 Å². The van der Waals surface area contributed by atoms with Crippen LogP contribution in [0.1, 0.15) is 19.7 Å². The molecule has 0 amide bonds. The molecule has 0 aliphatic carbocycles. The van der Waals surface area contributed by atoms with Crippen LogP contribution in [0, 0.1) is 0 Å². The summed E-state index contributed by atoms with van der Waals surface area (Å²) in [6.07, 6.45) is 1.75. The highest BCUT2D eigenvalue weighted by molar-refractivity contribution is 5.75. The summed E-state index contributed by atoms with van der Waals surface area (Å²) in [6.45, 7) is 6.27. The van der Waals surface area contributed by atoms with Crippen LogP contribution in [0.15, 0.2) is 41.3 Å². The molecular formula is C18H21N5O2. The van der Waals surface area contributed by atoms with E-state index in [1.165, 1.54) is 0 Å². The lowest BCUT2D eigenvalue weighted by atomic mass is 10.2. The highest BCUT2D eigenvalue weighted by Gasteiger charge is 2.24. The number of H-pyrrole nitrogens is 1. The molecule has 130 valence electrons. The van der Waals surface area contributed by atoms with Crippen LogP contribution in [-0.4, -0.2) is 49.9 Å². The lowest BCUT2D eigenvalue weighted by Gasteiger charge is -2.36. The van der Waals surface area contributed by atoms with Crippen LogP contribution in [-0.2, 0) is 11.3 Å². The fourth-order valence-corrected chi connectivity index (χ4v) is 3.18. The second kappa shape index (κ2) is 6.42. The first-order chi connectivity index (χ1) is 12.1. The normalized spacial score (nSPS) is 21.7. The second-order valence-electron chi connectivity index (χ2n) is 6.56. The SMILES string of the molecule is CC1CN(Cc2nc3c(cnn3-c3ccccc3)c(=O)[nH]2)C(C)CO1. The van der Waals surface area contributed by atoms with Crippen molar-refractivity contribution in [2.45, 2.75) is 32.5 Å². The van der Waals surface area contributed by atoms with E-state index in [0.717, 1.165) is 12.2 Å². The Morgan fingerprint density at radius 1 is 1.28 bits per heavy atom. The maximum absolute atomic E-state index is 12.4. The van der Waals surface area contributed by atoms with Gasteiger partial charge in [0.1, 0.15) is 11.2 Å². The molecule has 2 unspecified atom stereocenters. The topological polar surface area (TPSA) is 76.0 Å². The summed E-state index contributed by atoms with van der Waals surface area (Å²) in [5.74, 6) is 0.649. The molecule has 1 aliphatic rings. The molecule has 0 radical (unpaired) electrons. The number of aromatic amines is 1. The number of aromatic nitrogens is 4. The van der Waals surface area contributed by atoms with Crippen molar-refractivity contribution in [2.24, 2.45) is 0 Å². The highest BCUT2D eigenvalue weighted by atomic mass is 16.5. The fourth-order valence-electron chi connectivity index (χ4n) is 3.18. The Hall–Kier alpha value is -2.51. The van der Waals surface area contributed by atoms with Gasteiger partial charge in [0.2, 0.25) is 0 Å². The van der Waals surface area contributed by atoms with E-state index in [2.05, 4.69) is 33.8 Å². The van der Waals surface area contributed by atoms with Crippen LogP contribution < -0.4 is 5.56 Å². The molecule has 25 heavy (non-hydrogen) atoms. The first-order valence-electron chi connectivity index (χ1n) is 8.50. The molecule has 2 aromatic heterocycles. The van der Waals surface area contributed by atoms with Crippen molar-refractivity contribution >= 4 is 11.0 Å². The van der Waals surface area contributed by atoms with Crippen molar-refractivity contribution in [1.29, 1.82) is 0 Å². The number of morpholine rings is 1. The molecule has 4 rings (SSSR count). The molecule has 1 fully saturated rings. The number of benzene rings is 1. The van der Waals surface area contributed by atoms with E-state index >= 15 is 0 Å². The number of ether oxygens (including phenoxy) is 1. The summed E-state index contributed by atoms with van der Waals surface area (Å²) in [7, 11) is 0. The van der Waals surface area contributed by atoms with Crippen molar-refractivity contribution in [3.63, 3.8) is 0 Å². The zero-order chi connectivity index (χ0) is 17.4. The van der Waals surface area contributed by atoms with E-state index < -0.39 is 0 Å². The van der Waals surface area contributed by atoms with E-state index in [0.29, 0.717) is 30.0 Å². The Balaban J connectivity index is 1.72. The third-order valence-corrected chi connectivity index (χ3v) is 4.58. The van der Waals surface area contributed by atoms with Gasteiger partial charge >= 0.3 is 0 Å². The van der Waals surface area contributed by atoms with Crippen LogP contribution in [0.3, 0.4) is 0 Å². The number of rotatable bonds is 3. The quantitative estimate of drug-likeness (QED) is 0.786. The van der Waals surface area contributed by atoms with E-state index in [-0.39, 0.29) is 17.7 Å². The minimum atomic E-state index is -0.156. The number of nitrogens with one attached hydrogen (secondary N) is 1. The molecule has 1 N–H and O–H groups in total. The summed E-state index contributed by atoms with van der Waals surface area (Å²) in [4.78, 5) is 22.3. The third-order valence-electron chi connectivity index (χ3n) is 4.58. The van der Waals surface area contributed by atoms with Gasteiger partial charge in [-0.2, -0.15) is 5.10 Å². The maximum atomic E-state index is 12.4. The monoisotopic (exact) mass is 339 g/mol. The standard InChI is InChI=1S/C18H21N5O2/c1-12-11-25-13(2)9-22(12)10-16-20-17-15(18(24)21-16)8-19-23(17)14-6-4-3-5-7-14/h3-8,12-13H,9-11H2,1-2H3,(H,20,21,24). The van der Waals surface area contributed by atoms with Gasteiger partial charge in [-0.05, 0) is 26.0 Å². The first-order valence-corrected chi connectivity index (χ1v) is 8.50. The molecule has 1 saturated heterocycles. The maximum Gasteiger partial charge on any atom is 0.262 e. The molecule has 1 aromatic carbocycles. The van der Waals surface area contributed by atoms with Crippen LogP contribution in [0.2, 0.25) is 0 Å². The molecule has 7 nitrogen and oxygen atoms in total. The summed E-state index contributed by atoms with van der Waals surface area (Å²) in [5.41, 5.74) is 1.31. The zero-order valence-electron chi connectivity index (χ0n) is 14.3. The average Bonchev–Trinajstić information content (AvgIpc) is 3.03. The summed E-state index contributed by atoms with van der Waals surface area (Å²) in [6, 6.07) is 10.0. The van der Waals surface area contributed by atoms with E-state index in [1.807, 2.05) is 30.3 Å². The second-order valence-corrected chi connectivity index (χ2v) is 6.56. The van der Waals surface area contributed by atoms with E-state index in [9.17, 15) is 4.79 Å². The Morgan fingerprint density at radius 3 is 2.88 bits per heavy atom. The Morgan fingerprint density at radius 2 is 2.08 bits per heavy atom. The molecule has 0 spiro atoms. The zero-order valence-corrected chi connectivity index (χ0v) is 14.3. The number of fused-ring (bicyclic) bond motifs is 1. The molecular weight excluding hydrogens is 318 g/mol. The average molecular weight is 339 g/mol. The van der Waals surface area contributed by atoms with Crippen molar-refractivity contribution < 1.29 is 4.74 Å². The number of nitrogens with zero attached hydrogens (tertiary/aromatic N) is 4. The molecule has 1 aliphatic heterocycles. The van der Waals surface area contributed by atoms with Crippen molar-refractivity contribution in [3.8, 4) is 5.69 Å². The Bertz CT molecular complexity index is 934. The highest BCUT2D eigenvalue weighted by Crippen LogP contribution is 2.16. The van der Waals surface area contributed by atoms with Crippen molar-refractivity contribution in [3.05, 3.63) is 52.7 Å². The van der Waals surface area contributed by atoms with E-state index in [1.54, 1.807) is 10.9 Å². The van der Waals surface area contributed by atoms with Crippen LogP contribution in [0.4, 0.5) is 0 Å². The predicted octanol–water partition coefficient (Wildman–Crippen LogP) is 1.72. The van der Waals surface area contributed by atoms with Gasteiger partial charge in [-0.3, -0.25) is 9.69 Å². The number of hydrogen-bond acceptors (Lipinski definition) is 5. The van der Waals surface area contributed by atoms with Crippen LogP contribution in [0.25, 0.3) is 16.7 Å². The van der Waals surface area contributed by atoms with Crippen molar-refractivity contribution in [1.82, 2.24) is 24.6 Å². The fraction of sp³-hybridized carbons (Fsp3) is 0.389. The smallest absolute Gasteiger partial charge is 0.262 e. The number of hydrogen-bond donors (Lipinski definition) is 1. The van der Waals surface area contributed by atoms with Gasteiger partial charge in [-0.15, -0.1) is 0 Å². The molecule has 7 heteroatoms. The third kappa shape index (κ3) is 3.08. The van der Waals surface area contributed by atoms with Gasteiger partial charge < -0.3 is 9.72 Å². The lowest BCUT2D eigenvalue weighted by molar-refractivity contribution is -0.0534. The lowest BCUT2D eigenvalue weighted by Crippen LogP contribution is -2.47. The Labute approximate surface area is 145 Å². The van der Waals surface area contributed by atoms with Gasteiger partial charge in [-0.1, -0.05) is 18.2 Å². The van der Waals surface area contributed by atoms with E-state index in [4.69, 9.17) is 4.74 Å². The summed E-state index contributed by atoms with van der Waals surface area (Å²) in [5, 5.41) is 4.84. The van der Waals surface area contributed by atoms with Crippen LogP contribution >= 0.6 is 0 Å². The molecule has 3 aromatic rings. The molecule has 0 bridgehead atoms. The van der Waals surface area contributed by atoms with Gasteiger partial charge in [0, 0.05) is 12.6 Å².